The number of anilines is 3. The first-order chi connectivity index (χ1) is 30.7. The van der Waals surface area contributed by atoms with Crippen LogP contribution in [0.4, 0.5) is 17.1 Å². The van der Waals surface area contributed by atoms with Crippen LogP contribution in [0.3, 0.4) is 0 Å². The third-order valence-corrected chi connectivity index (χ3v) is 11.4. The molecular formula is C57H38N4O. The number of furan rings is 1. The summed E-state index contributed by atoms with van der Waals surface area (Å²) < 4.78 is 6.76. The first-order valence-corrected chi connectivity index (χ1v) is 20.8. The van der Waals surface area contributed by atoms with Crippen LogP contribution in [0.15, 0.2) is 235 Å². The van der Waals surface area contributed by atoms with Crippen LogP contribution in [0.2, 0.25) is 0 Å². The Kier molecular flexibility index (Phi) is 9.45. The van der Waals surface area contributed by atoms with E-state index < -0.39 is 0 Å². The van der Waals surface area contributed by atoms with E-state index in [0.29, 0.717) is 17.5 Å². The summed E-state index contributed by atoms with van der Waals surface area (Å²) in [6, 6.07) is 79.9. The van der Waals surface area contributed by atoms with Crippen LogP contribution in [0, 0.1) is 0 Å². The molecule has 0 atom stereocenters. The molecule has 0 radical (unpaired) electrons. The predicted molar refractivity (Wildman–Crippen MR) is 254 cm³/mol. The number of hydrogen-bond acceptors (Lipinski definition) is 5. The van der Waals surface area contributed by atoms with Gasteiger partial charge in [-0.3, -0.25) is 0 Å². The van der Waals surface area contributed by atoms with E-state index in [1.165, 1.54) is 22.3 Å². The van der Waals surface area contributed by atoms with E-state index in [4.69, 9.17) is 19.4 Å². The summed E-state index contributed by atoms with van der Waals surface area (Å²) in [5.41, 5.74) is 14.2. The Labute approximate surface area is 359 Å². The van der Waals surface area contributed by atoms with Crippen LogP contribution < -0.4 is 4.90 Å². The van der Waals surface area contributed by atoms with Crippen molar-refractivity contribution in [3.8, 4) is 67.5 Å². The maximum absolute atomic E-state index is 6.76. The monoisotopic (exact) mass is 794 g/mol. The number of benzene rings is 9. The molecular weight excluding hydrogens is 757 g/mol. The van der Waals surface area contributed by atoms with Crippen molar-refractivity contribution in [2.24, 2.45) is 0 Å². The smallest absolute Gasteiger partial charge is 0.164 e. The Morgan fingerprint density at radius 1 is 0.290 bits per heavy atom. The summed E-state index contributed by atoms with van der Waals surface area (Å²) in [4.78, 5) is 17.5. The first-order valence-electron chi connectivity index (χ1n) is 20.8. The van der Waals surface area contributed by atoms with E-state index in [2.05, 4.69) is 157 Å². The Hall–Kier alpha value is -8.41. The van der Waals surface area contributed by atoms with E-state index in [9.17, 15) is 0 Å². The third kappa shape index (κ3) is 6.97. The number of rotatable bonds is 9. The number of fused-ring (bicyclic) bond motifs is 3. The lowest BCUT2D eigenvalue weighted by Gasteiger charge is -2.26. The minimum Gasteiger partial charge on any atom is -0.455 e. The van der Waals surface area contributed by atoms with Crippen molar-refractivity contribution in [1.29, 1.82) is 0 Å². The molecule has 2 heterocycles. The van der Waals surface area contributed by atoms with Gasteiger partial charge in [-0.15, -0.1) is 0 Å². The molecule has 2 aromatic heterocycles. The van der Waals surface area contributed by atoms with Crippen molar-refractivity contribution in [2.45, 2.75) is 0 Å². The first kappa shape index (κ1) is 36.7. The molecule has 0 saturated heterocycles. The topological polar surface area (TPSA) is 55.1 Å². The fourth-order valence-corrected chi connectivity index (χ4v) is 8.28. The van der Waals surface area contributed by atoms with Gasteiger partial charge in [0, 0.05) is 50.1 Å². The summed E-state index contributed by atoms with van der Waals surface area (Å²) in [6.45, 7) is 0. The SMILES string of the molecule is c1ccc(-c2ccc(N(c3ccc(-c4ccccc4)cc3)c3ccc(-c4ccc(-c5nc(-c6ccccc6)nc(-c6ccccc6)n5)c5c4oc4ccccc45)cc3)cc2)cc1. The Morgan fingerprint density at radius 2 is 0.661 bits per heavy atom. The summed E-state index contributed by atoms with van der Waals surface area (Å²) in [5.74, 6) is 1.82. The molecule has 0 aliphatic carbocycles. The molecule has 0 saturated carbocycles. The molecule has 0 fully saturated rings. The molecule has 9 aromatic carbocycles. The molecule has 292 valence electrons. The Balaban J connectivity index is 1.02. The lowest BCUT2D eigenvalue weighted by Crippen LogP contribution is -2.09. The van der Waals surface area contributed by atoms with Crippen LogP contribution in [-0.2, 0) is 0 Å². The molecule has 0 aliphatic heterocycles. The standard InChI is InChI=1S/C57H38N4O/c1-5-15-39(16-6-1)41-25-31-46(32-26-41)61(47-33-27-42(28-34-47)40-17-7-2-8-18-40)48-35-29-43(30-36-48)49-37-38-51(53-50-23-13-14-24-52(50)62-54(49)53)57-59-55(44-19-9-3-10-20-44)58-56(60-57)45-21-11-4-12-22-45/h1-38H. The van der Waals surface area contributed by atoms with Gasteiger partial charge < -0.3 is 9.32 Å². The van der Waals surface area contributed by atoms with E-state index in [1.54, 1.807) is 0 Å². The second kappa shape index (κ2) is 16.0. The summed E-state index contributed by atoms with van der Waals surface area (Å²) in [5, 5.41) is 1.97. The van der Waals surface area contributed by atoms with Crippen LogP contribution in [0.1, 0.15) is 0 Å². The van der Waals surface area contributed by atoms with E-state index in [1.807, 2.05) is 78.9 Å². The molecule has 5 nitrogen and oxygen atoms in total. The molecule has 5 heteroatoms. The highest BCUT2D eigenvalue weighted by Crippen LogP contribution is 2.43. The molecule has 62 heavy (non-hydrogen) atoms. The highest BCUT2D eigenvalue weighted by atomic mass is 16.3. The quantitative estimate of drug-likeness (QED) is 0.146. The fraction of sp³-hybridized carbons (Fsp3) is 0. The lowest BCUT2D eigenvalue weighted by molar-refractivity contribution is 0.670. The predicted octanol–water partition coefficient (Wildman–Crippen LogP) is 15.2. The Bertz CT molecular complexity index is 3160. The van der Waals surface area contributed by atoms with Crippen molar-refractivity contribution in [3.63, 3.8) is 0 Å². The summed E-state index contributed by atoms with van der Waals surface area (Å²) in [6.07, 6.45) is 0. The molecule has 0 unspecified atom stereocenters. The lowest BCUT2D eigenvalue weighted by atomic mass is 9.97. The fourth-order valence-electron chi connectivity index (χ4n) is 8.28. The number of para-hydroxylation sites is 1. The zero-order valence-corrected chi connectivity index (χ0v) is 33.6. The van der Waals surface area contributed by atoms with Gasteiger partial charge in [0.25, 0.3) is 0 Å². The van der Waals surface area contributed by atoms with Gasteiger partial charge in [0.2, 0.25) is 0 Å². The number of nitrogens with zero attached hydrogens (tertiary/aromatic N) is 4. The second-order valence-corrected chi connectivity index (χ2v) is 15.2. The molecule has 11 aromatic rings. The zero-order valence-electron chi connectivity index (χ0n) is 33.6. The molecule has 11 rings (SSSR count). The average molecular weight is 795 g/mol. The van der Waals surface area contributed by atoms with Gasteiger partial charge in [-0.25, -0.2) is 15.0 Å². The van der Waals surface area contributed by atoms with Gasteiger partial charge in [0.15, 0.2) is 17.5 Å². The van der Waals surface area contributed by atoms with Gasteiger partial charge in [-0.1, -0.05) is 176 Å². The highest BCUT2D eigenvalue weighted by Gasteiger charge is 2.21. The molecule has 0 N–H and O–H groups in total. The molecule has 0 bridgehead atoms. The van der Waals surface area contributed by atoms with Crippen molar-refractivity contribution < 1.29 is 4.42 Å². The van der Waals surface area contributed by atoms with E-state index >= 15 is 0 Å². The maximum atomic E-state index is 6.76. The second-order valence-electron chi connectivity index (χ2n) is 15.2. The van der Waals surface area contributed by atoms with Crippen LogP contribution in [0.25, 0.3) is 89.5 Å². The van der Waals surface area contributed by atoms with Crippen LogP contribution in [-0.4, -0.2) is 15.0 Å². The zero-order chi connectivity index (χ0) is 41.2. The number of aromatic nitrogens is 3. The normalized spacial score (nSPS) is 11.2. The molecule has 0 amide bonds. The van der Waals surface area contributed by atoms with Crippen LogP contribution >= 0.6 is 0 Å². The highest BCUT2D eigenvalue weighted by molar-refractivity contribution is 6.15. The largest absolute Gasteiger partial charge is 0.455 e. The van der Waals surface area contributed by atoms with Gasteiger partial charge in [-0.05, 0) is 82.4 Å². The average Bonchev–Trinajstić information content (AvgIpc) is 3.75. The van der Waals surface area contributed by atoms with Crippen molar-refractivity contribution in [3.05, 3.63) is 231 Å². The minimum atomic E-state index is 0.586. The van der Waals surface area contributed by atoms with Crippen LogP contribution in [0.5, 0.6) is 0 Å². The van der Waals surface area contributed by atoms with Gasteiger partial charge in [0.05, 0.1) is 0 Å². The molecule has 0 spiro atoms. The maximum Gasteiger partial charge on any atom is 0.164 e. The van der Waals surface area contributed by atoms with Crippen molar-refractivity contribution in [2.75, 3.05) is 4.90 Å². The van der Waals surface area contributed by atoms with Gasteiger partial charge in [-0.2, -0.15) is 0 Å². The number of hydrogen-bond donors (Lipinski definition) is 0. The Morgan fingerprint density at radius 3 is 1.15 bits per heavy atom. The summed E-state index contributed by atoms with van der Waals surface area (Å²) >= 11 is 0. The minimum absolute atomic E-state index is 0.586. The van der Waals surface area contributed by atoms with E-state index in [0.717, 1.165) is 66.8 Å². The van der Waals surface area contributed by atoms with Crippen molar-refractivity contribution in [1.82, 2.24) is 15.0 Å². The summed E-state index contributed by atoms with van der Waals surface area (Å²) in [7, 11) is 0. The van der Waals surface area contributed by atoms with E-state index in [-0.39, 0.29) is 0 Å². The van der Waals surface area contributed by atoms with Gasteiger partial charge in [0.1, 0.15) is 11.2 Å². The third-order valence-electron chi connectivity index (χ3n) is 11.4. The van der Waals surface area contributed by atoms with Crippen molar-refractivity contribution >= 4 is 39.0 Å². The molecule has 0 aliphatic rings. The van der Waals surface area contributed by atoms with Gasteiger partial charge >= 0.3 is 0 Å².